The molecule has 1 heterocycles. The maximum atomic E-state index is 12.3. The molecule has 2 rings (SSSR count). The number of rotatable bonds is 6. The van der Waals surface area contributed by atoms with Gasteiger partial charge in [0.05, 0.1) is 34.9 Å². The van der Waals surface area contributed by atoms with E-state index in [1.54, 1.807) is 18.7 Å². The van der Waals surface area contributed by atoms with Crippen LogP contribution < -0.4 is 5.32 Å². The first-order chi connectivity index (χ1) is 11.2. The van der Waals surface area contributed by atoms with Crippen LogP contribution in [-0.2, 0) is 4.79 Å². The van der Waals surface area contributed by atoms with Gasteiger partial charge >= 0.3 is 0 Å². The summed E-state index contributed by atoms with van der Waals surface area (Å²) in [5.74, 6) is -0.124. The zero-order valence-electron chi connectivity index (χ0n) is 15.0. The second-order valence-corrected chi connectivity index (χ2v) is 6.83. The third kappa shape index (κ3) is 4.66. The minimum Gasteiger partial charge on any atom is -0.389 e. The Morgan fingerprint density at radius 2 is 1.92 bits per heavy atom. The van der Waals surface area contributed by atoms with Gasteiger partial charge in [-0.3, -0.25) is 9.69 Å². The van der Waals surface area contributed by atoms with Gasteiger partial charge in [-0.05, 0) is 46.9 Å². The summed E-state index contributed by atoms with van der Waals surface area (Å²) in [6.07, 6.45) is 0. The molecule has 1 aromatic heterocycles. The summed E-state index contributed by atoms with van der Waals surface area (Å²) in [4.78, 5) is 14.1. The fourth-order valence-electron chi connectivity index (χ4n) is 2.78. The number of benzene rings is 1. The Bertz CT molecular complexity index is 702. The van der Waals surface area contributed by atoms with Crippen LogP contribution >= 0.6 is 0 Å². The average molecular weight is 330 g/mol. The first-order valence-electron chi connectivity index (χ1n) is 8.00. The molecule has 0 unspecified atom stereocenters. The summed E-state index contributed by atoms with van der Waals surface area (Å²) < 4.78 is 1.82. The van der Waals surface area contributed by atoms with Gasteiger partial charge in [0, 0.05) is 6.54 Å². The van der Waals surface area contributed by atoms with E-state index in [0.29, 0.717) is 6.54 Å². The highest BCUT2D eigenvalue weighted by atomic mass is 16.3. The zero-order chi connectivity index (χ0) is 17.9. The number of aromatic nitrogens is 2. The first-order valence-corrected chi connectivity index (χ1v) is 8.00. The molecule has 2 aromatic rings. The van der Waals surface area contributed by atoms with E-state index < -0.39 is 5.60 Å². The zero-order valence-corrected chi connectivity index (χ0v) is 15.0. The van der Waals surface area contributed by atoms with Gasteiger partial charge in [0.1, 0.15) is 0 Å². The van der Waals surface area contributed by atoms with Crippen molar-refractivity contribution in [1.29, 1.82) is 0 Å². The molecule has 130 valence electrons. The lowest BCUT2D eigenvalue weighted by atomic mass is 10.1. The maximum Gasteiger partial charge on any atom is 0.238 e. The van der Waals surface area contributed by atoms with Crippen LogP contribution in [0.5, 0.6) is 0 Å². The topological polar surface area (TPSA) is 70.4 Å². The number of likely N-dealkylation sites (N-methyl/N-ethyl adjacent to an activating group) is 1. The second kappa shape index (κ2) is 7.15. The van der Waals surface area contributed by atoms with Crippen molar-refractivity contribution in [3.05, 3.63) is 41.7 Å². The maximum absolute atomic E-state index is 12.3. The molecule has 0 aliphatic heterocycles. The molecular formula is C18H26N4O2. The molecule has 0 spiro atoms. The number of carbonyl (C=O) groups is 1. The summed E-state index contributed by atoms with van der Waals surface area (Å²) in [5, 5.41) is 17.3. The molecule has 1 amide bonds. The van der Waals surface area contributed by atoms with E-state index >= 15 is 0 Å². The van der Waals surface area contributed by atoms with Crippen molar-refractivity contribution in [2.75, 3.05) is 25.5 Å². The molecule has 6 heteroatoms. The predicted octanol–water partition coefficient (Wildman–Crippen LogP) is 2.13. The summed E-state index contributed by atoms with van der Waals surface area (Å²) in [5.41, 5.74) is 2.52. The lowest BCUT2D eigenvalue weighted by Gasteiger charge is -2.24. The highest BCUT2D eigenvalue weighted by Gasteiger charge is 2.19. The second-order valence-electron chi connectivity index (χ2n) is 6.83. The van der Waals surface area contributed by atoms with E-state index in [1.165, 1.54) is 0 Å². The average Bonchev–Trinajstić information content (AvgIpc) is 2.74. The Kier molecular flexibility index (Phi) is 5.41. The normalized spacial score (nSPS) is 11.8. The highest BCUT2D eigenvalue weighted by Crippen LogP contribution is 2.22. The van der Waals surface area contributed by atoms with Gasteiger partial charge in [0.25, 0.3) is 0 Å². The van der Waals surface area contributed by atoms with Crippen molar-refractivity contribution in [3.63, 3.8) is 0 Å². The largest absolute Gasteiger partial charge is 0.389 e. The summed E-state index contributed by atoms with van der Waals surface area (Å²) in [6, 6.07) is 9.81. The third-order valence-corrected chi connectivity index (χ3v) is 3.63. The molecule has 0 bridgehead atoms. The number of para-hydroxylation sites is 1. The van der Waals surface area contributed by atoms with Crippen molar-refractivity contribution in [1.82, 2.24) is 14.7 Å². The van der Waals surface area contributed by atoms with Crippen LogP contribution in [0, 0.1) is 13.8 Å². The molecule has 0 saturated heterocycles. The number of aryl methyl sites for hydroxylation is 1. The number of anilines is 1. The van der Waals surface area contributed by atoms with Crippen LogP contribution in [0.1, 0.15) is 25.2 Å². The molecule has 24 heavy (non-hydrogen) atoms. The molecule has 2 N–H and O–H groups in total. The Balaban J connectivity index is 2.10. The van der Waals surface area contributed by atoms with E-state index in [2.05, 4.69) is 10.4 Å². The van der Waals surface area contributed by atoms with Gasteiger partial charge < -0.3 is 10.4 Å². The van der Waals surface area contributed by atoms with Crippen LogP contribution in [0.4, 0.5) is 5.69 Å². The number of aliphatic hydroxyl groups is 1. The SMILES string of the molecule is Cc1nn(-c2ccccc2)c(C)c1NC(=O)CN(C)CC(C)(C)O. The summed E-state index contributed by atoms with van der Waals surface area (Å²) in [6.45, 7) is 7.88. The standard InChI is InChI=1S/C18H26N4O2/c1-13-17(19-16(23)11-21(5)12-18(3,4)24)14(2)22(20-13)15-9-7-6-8-10-15/h6-10,24H,11-12H2,1-5H3,(H,19,23). The molecular weight excluding hydrogens is 304 g/mol. The number of amides is 1. The molecule has 0 aliphatic rings. The molecule has 1 aromatic carbocycles. The Morgan fingerprint density at radius 1 is 1.29 bits per heavy atom. The Hall–Kier alpha value is -2.18. The van der Waals surface area contributed by atoms with Gasteiger partial charge in [0.15, 0.2) is 0 Å². The minimum atomic E-state index is -0.834. The van der Waals surface area contributed by atoms with Crippen molar-refractivity contribution >= 4 is 11.6 Å². The quantitative estimate of drug-likeness (QED) is 0.851. The van der Waals surface area contributed by atoms with E-state index in [4.69, 9.17) is 0 Å². The molecule has 0 aliphatic carbocycles. The Labute approximate surface area is 143 Å². The van der Waals surface area contributed by atoms with Crippen LogP contribution in [0.25, 0.3) is 5.69 Å². The molecule has 6 nitrogen and oxygen atoms in total. The van der Waals surface area contributed by atoms with E-state index in [0.717, 1.165) is 22.8 Å². The molecule has 0 radical (unpaired) electrons. The number of hydrogen-bond acceptors (Lipinski definition) is 4. The van der Waals surface area contributed by atoms with Crippen molar-refractivity contribution < 1.29 is 9.90 Å². The van der Waals surface area contributed by atoms with Crippen LogP contribution in [0.15, 0.2) is 30.3 Å². The number of nitrogens with one attached hydrogen (secondary N) is 1. The molecule has 0 atom stereocenters. The summed E-state index contributed by atoms with van der Waals surface area (Å²) >= 11 is 0. The minimum absolute atomic E-state index is 0.124. The molecule has 0 fully saturated rings. The monoisotopic (exact) mass is 330 g/mol. The lowest BCUT2D eigenvalue weighted by Crippen LogP contribution is -2.40. The van der Waals surface area contributed by atoms with Crippen LogP contribution in [0.3, 0.4) is 0 Å². The fourth-order valence-corrected chi connectivity index (χ4v) is 2.78. The van der Waals surface area contributed by atoms with E-state index in [-0.39, 0.29) is 12.5 Å². The van der Waals surface area contributed by atoms with Gasteiger partial charge in [-0.1, -0.05) is 18.2 Å². The van der Waals surface area contributed by atoms with Crippen LogP contribution in [-0.4, -0.2) is 51.4 Å². The smallest absolute Gasteiger partial charge is 0.238 e. The molecule has 0 saturated carbocycles. The number of hydrogen-bond donors (Lipinski definition) is 2. The van der Waals surface area contributed by atoms with Gasteiger partial charge in [-0.2, -0.15) is 5.10 Å². The fraction of sp³-hybridized carbons (Fsp3) is 0.444. The number of nitrogens with zero attached hydrogens (tertiary/aromatic N) is 3. The van der Waals surface area contributed by atoms with Crippen molar-refractivity contribution in [2.45, 2.75) is 33.3 Å². The van der Waals surface area contributed by atoms with Gasteiger partial charge in [0.2, 0.25) is 5.91 Å². The van der Waals surface area contributed by atoms with Crippen LogP contribution in [0.2, 0.25) is 0 Å². The lowest BCUT2D eigenvalue weighted by molar-refractivity contribution is -0.117. The van der Waals surface area contributed by atoms with Gasteiger partial charge in [-0.25, -0.2) is 4.68 Å². The van der Waals surface area contributed by atoms with Gasteiger partial charge in [-0.15, -0.1) is 0 Å². The Morgan fingerprint density at radius 3 is 2.50 bits per heavy atom. The van der Waals surface area contributed by atoms with E-state index in [1.807, 2.05) is 55.9 Å². The predicted molar refractivity (Wildman–Crippen MR) is 95.5 cm³/mol. The van der Waals surface area contributed by atoms with Crippen molar-refractivity contribution in [2.24, 2.45) is 0 Å². The van der Waals surface area contributed by atoms with E-state index in [9.17, 15) is 9.90 Å². The van der Waals surface area contributed by atoms with Crippen molar-refractivity contribution in [3.8, 4) is 5.69 Å². The number of carbonyl (C=O) groups excluding carboxylic acids is 1. The first kappa shape index (κ1) is 18.2. The highest BCUT2D eigenvalue weighted by molar-refractivity contribution is 5.93. The summed E-state index contributed by atoms with van der Waals surface area (Å²) in [7, 11) is 1.81. The third-order valence-electron chi connectivity index (χ3n) is 3.63.